The Hall–Kier alpha value is -1.02. The average molecular weight is 187 g/mol. The monoisotopic (exact) mass is 186 g/mol. The topological polar surface area (TPSA) is 20.2 Å². The maximum atomic E-state index is 12.5. The van der Waals surface area contributed by atoms with Gasteiger partial charge in [0, 0.05) is 17.5 Å². The molecule has 1 N–H and O–H groups in total. The zero-order valence-electron chi connectivity index (χ0n) is 6.30. The Morgan fingerprint density at radius 1 is 1.50 bits per heavy atom. The molecule has 0 radical (unpaired) electrons. The van der Waals surface area contributed by atoms with E-state index in [1.807, 2.05) is 0 Å². The molecule has 1 aromatic carbocycles. The highest BCUT2D eigenvalue weighted by Crippen LogP contribution is 2.19. The van der Waals surface area contributed by atoms with Crippen LogP contribution in [-0.4, -0.2) is 11.0 Å². The number of rotatable bonds is 2. The smallest absolute Gasteiger partial charge is 0.126 e. The van der Waals surface area contributed by atoms with E-state index in [0.717, 1.165) is 6.07 Å². The second kappa shape index (κ2) is 4.12. The maximum absolute atomic E-state index is 12.5. The fourth-order valence-electron chi connectivity index (χ4n) is 0.829. The first kappa shape index (κ1) is 9.07. The lowest BCUT2D eigenvalue weighted by Crippen LogP contribution is -1.77. The van der Waals surface area contributed by atoms with E-state index < -0.39 is 5.82 Å². The zero-order valence-corrected chi connectivity index (χ0v) is 7.05. The summed E-state index contributed by atoms with van der Waals surface area (Å²) in [7, 11) is 0. The summed E-state index contributed by atoms with van der Waals surface area (Å²) >= 11 is 5.39. The fourth-order valence-corrected chi connectivity index (χ4v) is 0.918. The molecule has 0 heterocycles. The summed E-state index contributed by atoms with van der Waals surface area (Å²) in [6.45, 7) is 0. The highest BCUT2D eigenvalue weighted by Gasteiger charge is 1.97. The van der Waals surface area contributed by atoms with Crippen LogP contribution in [0.15, 0.2) is 24.3 Å². The Morgan fingerprint density at radius 3 is 2.83 bits per heavy atom. The van der Waals surface area contributed by atoms with Crippen LogP contribution in [0.5, 0.6) is 5.75 Å². The largest absolute Gasteiger partial charge is 0.507 e. The van der Waals surface area contributed by atoms with E-state index in [-0.39, 0.29) is 5.75 Å². The van der Waals surface area contributed by atoms with Crippen LogP contribution in [0.3, 0.4) is 0 Å². The van der Waals surface area contributed by atoms with Crippen LogP contribution in [0.2, 0.25) is 0 Å². The first-order valence-corrected chi connectivity index (χ1v) is 3.98. The van der Waals surface area contributed by atoms with E-state index in [9.17, 15) is 9.50 Å². The minimum atomic E-state index is -0.449. The number of halogens is 2. The number of phenols is 1. The molecule has 0 bridgehead atoms. The van der Waals surface area contributed by atoms with Crippen molar-refractivity contribution in [3.05, 3.63) is 35.7 Å². The van der Waals surface area contributed by atoms with Crippen molar-refractivity contribution in [2.45, 2.75) is 0 Å². The molecular weight excluding hydrogens is 179 g/mol. The molecule has 0 aromatic heterocycles. The molecule has 1 rings (SSSR count). The van der Waals surface area contributed by atoms with Crippen LogP contribution in [0.1, 0.15) is 5.56 Å². The Balaban J connectivity index is 2.94. The zero-order chi connectivity index (χ0) is 8.97. The first-order valence-electron chi connectivity index (χ1n) is 3.45. The van der Waals surface area contributed by atoms with Crippen LogP contribution in [-0.2, 0) is 0 Å². The third kappa shape index (κ3) is 2.24. The SMILES string of the molecule is Oc1cc(F)ccc1C=CCCl. The lowest BCUT2D eigenvalue weighted by molar-refractivity contribution is 0.468. The first-order chi connectivity index (χ1) is 5.74. The van der Waals surface area contributed by atoms with Crippen molar-refractivity contribution in [3.8, 4) is 5.75 Å². The number of hydrogen-bond acceptors (Lipinski definition) is 1. The molecule has 0 spiro atoms. The van der Waals surface area contributed by atoms with Gasteiger partial charge in [-0.2, -0.15) is 0 Å². The Morgan fingerprint density at radius 2 is 2.25 bits per heavy atom. The van der Waals surface area contributed by atoms with Crippen molar-refractivity contribution in [2.24, 2.45) is 0 Å². The molecular formula is C9H8ClFO. The summed E-state index contributed by atoms with van der Waals surface area (Å²) in [6.07, 6.45) is 3.32. The molecule has 0 aliphatic carbocycles. The molecule has 12 heavy (non-hydrogen) atoms. The summed E-state index contributed by atoms with van der Waals surface area (Å²) in [6, 6.07) is 3.84. The van der Waals surface area contributed by atoms with E-state index in [1.165, 1.54) is 12.1 Å². The van der Waals surface area contributed by atoms with Gasteiger partial charge in [-0.3, -0.25) is 0 Å². The minimum Gasteiger partial charge on any atom is -0.507 e. The van der Waals surface area contributed by atoms with Crippen molar-refractivity contribution < 1.29 is 9.50 Å². The molecule has 64 valence electrons. The maximum Gasteiger partial charge on any atom is 0.126 e. The summed E-state index contributed by atoms with van der Waals surface area (Å²) < 4.78 is 12.5. The third-order valence-corrected chi connectivity index (χ3v) is 1.56. The summed E-state index contributed by atoms with van der Waals surface area (Å²) in [5, 5.41) is 9.18. The van der Waals surface area contributed by atoms with E-state index in [0.29, 0.717) is 11.4 Å². The van der Waals surface area contributed by atoms with Crippen LogP contribution in [0.25, 0.3) is 6.08 Å². The van der Waals surface area contributed by atoms with Crippen molar-refractivity contribution in [3.63, 3.8) is 0 Å². The predicted molar refractivity (Wildman–Crippen MR) is 47.8 cm³/mol. The number of aromatic hydroxyl groups is 1. The quantitative estimate of drug-likeness (QED) is 0.705. The Kier molecular flexibility index (Phi) is 3.11. The summed E-state index contributed by atoms with van der Waals surface area (Å²) in [5.74, 6) is -0.150. The van der Waals surface area contributed by atoms with Crippen LogP contribution in [0.4, 0.5) is 4.39 Å². The summed E-state index contributed by atoms with van der Waals surface area (Å²) in [4.78, 5) is 0. The van der Waals surface area contributed by atoms with Crippen molar-refractivity contribution in [1.29, 1.82) is 0 Å². The Labute approximate surface area is 75.1 Å². The van der Waals surface area contributed by atoms with E-state index >= 15 is 0 Å². The molecule has 0 amide bonds. The molecule has 0 aliphatic rings. The molecule has 0 fully saturated rings. The number of phenolic OH excluding ortho intramolecular Hbond substituents is 1. The standard InChI is InChI=1S/C9H8ClFO/c10-5-1-2-7-3-4-8(11)6-9(7)12/h1-4,6,12H,5H2. The highest BCUT2D eigenvalue weighted by atomic mass is 35.5. The van der Waals surface area contributed by atoms with Gasteiger partial charge in [0.1, 0.15) is 11.6 Å². The number of benzene rings is 1. The average Bonchev–Trinajstić information content (AvgIpc) is 2.03. The van der Waals surface area contributed by atoms with Crippen LogP contribution >= 0.6 is 11.6 Å². The normalized spacial score (nSPS) is 10.8. The van der Waals surface area contributed by atoms with Gasteiger partial charge in [0.25, 0.3) is 0 Å². The van der Waals surface area contributed by atoms with Gasteiger partial charge in [-0.1, -0.05) is 12.2 Å². The van der Waals surface area contributed by atoms with Crippen molar-refractivity contribution in [2.75, 3.05) is 5.88 Å². The van der Waals surface area contributed by atoms with Crippen molar-refractivity contribution >= 4 is 17.7 Å². The van der Waals surface area contributed by atoms with Crippen molar-refractivity contribution in [1.82, 2.24) is 0 Å². The third-order valence-electron chi connectivity index (χ3n) is 1.38. The van der Waals surface area contributed by atoms with E-state index in [4.69, 9.17) is 11.6 Å². The van der Waals surface area contributed by atoms with E-state index in [2.05, 4.69) is 0 Å². The molecule has 3 heteroatoms. The molecule has 0 aliphatic heterocycles. The van der Waals surface area contributed by atoms with E-state index in [1.54, 1.807) is 12.2 Å². The van der Waals surface area contributed by atoms with Crippen LogP contribution in [0, 0.1) is 5.82 Å². The predicted octanol–water partition coefficient (Wildman–Crippen LogP) is 2.78. The second-order valence-corrected chi connectivity index (χ2v) is 2.57. The minimum absolute atomic E-state index is 0.0728. The highest BCUT2D eigenvalue weighted by molar-refractivity contribution is 6.19. The van der Waals surface area contributed by atoms with Gasteiger partial charge in [-0.05, 0) is 12.1 Å². The van der Waals surface area contributed by atoms with Gasteiger partial charge < -0.3 is 5.11 Å². The van der Waals surface area contributed by atoms with Gasteiger partial charge in [-0.25, -0.2) is 4.39 Å². The Bertz CT molecular complexity index is 297. The fraction of sp³-hybridized carbons (Fsp3) is 0.111. The number of alkyl halides is 1. The summed E-state index contributed by atoms with van der Waals surface area (Å²) in [5.41, 5.74) is 0.567. The van der Waals surface area contributed by atoms with Gasteiger partial charge >= 0.3 is 0 Å². The van der Waals surface area contributed by atoms with Gasteiger partial charge in [-0.15, -0.1) is 11.6 Å². The molecule has 1 aromatic rings. The lowest BCUT2D eigenvalue weighted by atomic mass is 10.2. The second-order valence-electron chi connectivity index (χ2n) is 2.26. The molecule has 1 nitrogen and oxygen atoms in total. The molecule has 0 saturated heterocycles. The van der Waals surface area contributed by atoms with Gasteiger partial charge in [0.05, 0.1) is 0 Å². The van der Waals surface area contributed by atoms with Crippen LogP contribution < -0.4 is 0 Å². The molecule has 0 unspecified atom stereocenters. The number of allylic oxidation sites excluding steroid dienone is 1. The molecule has 0 atom stereocenters. The van der Waals surface area contributed by atoms with Gasteiger partial charge in [0.2, 0.25) is 0 Å². The lowest BCUT2D eigenvalue weighted by Gasteiger charge is -1.97. The van der Waals surface area contributed by atoms with Gasteiger partial charge in [0.15, 0.2) is 0 Å². The molecule has 0 saturated carbocycles. The number of hydrogen-bond donors (Lipinski definition) is 1.